The molecule has 0 spiro atoms. The van der Waals surface area contributed by atoms with Gasteiger partial charge in [0, 0.05) is 6.42 Å². The van der Waals surface area contributed by atoms with Gasteiger partial charge in [-0.3, -0.25) is 0 Å². The van der Waals surface area contributed by atoms with E-state index in [1.807, 2.05) is 0 Å². The van der Waals surface area contributed by atoms with Gasteiger partial charge in [-0.1, -0.05) is 69.0 Å². The molecule has 1 heteroatoms. The minimum atomic E-state index is 0.604. The number of rotatable bonds is 8. The number of benzene rings is 1. The van der Waals surface area contributed by atoms with Gasteiger partial charge in [-0.2, -0.15) is 18.1 Å². The second-order valence-electron chi connectivity index (χ2n) is 7.54. The van der Waals surface area contributed by atoms with Crippen LogP contribution in [0.1, 0.15) is 70.9 Å². The molecule has 130 valence electrons. The van der Waals surface area contributed by atoms with Crippen molar-refractivity contribution in [3.63, 3.8) is 0 Å². The monoisotopic (exact) mass is 322 g/mol. The number of hydrogen-bond acceptors (Lipinski definition) is 1. The van der Waals surface area contributed by atoms with Crippen molar-refractivity contribution in [1.82, 2.24) is 0 Å². The van der Waals surface area contributed by atoms with Crippen LogP contribution >= 0.6 is 0 Å². The van der Waals surface area contributed by atoms with Gasteiger partial charge in [0.05, 0.1) is 6.07 Å². The average molecular weight is 323 g/mol. The summed E-state index contributed by atoms with van der Waals surface area (Å²) in [4.78, 5) is 0. The van der Waals surface area contributed by atoms with Gasteiger partial charge in [-0.25, -0.2) is 0 Å². The maximum atomic E-state index is 8.68. The minimum Gasteiger partial charge on any atom is -0.328 e. The molecule has 0 aromatic heterocycles. The van der Waals surface area contributed by atoms with Crippen molar-refractivity contribution < 1.29 is 0 Å². The van der Waals surface area contributed by atoms with Gasteiger partial charge in [0.25, 0.3) is 0 Å². The first-order chi connectivity index (χ1) is 11.5. The SMILES string of the molecule is C[CH-]C(C)C(C)C1C(CC)C1c1ccc(/C=C(\C)CCC#N)cc1. The lowest BCUT2D eigenvalue weighted by molar-refractivity contribution is 0.362. The van der Waals surface area contributed by atoms with E-state index in [2.05, 4.69) is 77.5 Å². The van der Waals surface area contributed by atoms with E-state index < -0.39 is 0 Å². The van der Waals surface area contributed by atoms with E-state index in [9.17, 15) is 0 Å². The van der Waals surface area contributed by atoms with Crippen molar-refractivity contribution in [3.05, 3.63) is 47.4 Å². The van der Waals surface area contributed by atoms with Gasteiger partial charge in [0.15, 0.2) is 0 Å². The third-order valence-corrected chi connectivity index (χ3v) is 6.03. The molecule has 0 bridgehead atoms. The zero-order chi connectivity index (χ0) is 17.7. The largest absolute Gasteiger partial charge is 0.328 e. The molecular weight excluding hydrogens is 290 g/mol. The van der Waals surface area contributed by atoms with E-state index in [1.54, 1.807) is 0 Å². The molecule has 5 atom stereocenters. The van der Waals surface area contributed by atoms with E-state index in [0.717, 1.165) is 30.1 Å². The maximum absolute atomic E-state index is 8.68. The highest BCUT2D eigenvalue weighted by Gasteiger charge is 2.51. The number of allylic oxidation sites excluding steroid dienone is 1. The van der Waals surface area contributed by atoms with Crippen molar-refractivity contribution in [2.75, 3.05) is 0 Å². The zero-order valence-electron chi connectivity index (χ0n) is 15.9. The molecular formula is C23H32N-. The van der Waals surface area contributed by atoms with Crippen LogP contribution in [0.3, 0.4) is 0 Å². The lowest BCUT2D eigenvalue weighted by Gasteiger charge is -2.26. The Labute approximate surface area is 148 Å². The Bertz CT molecular complexity index is 589. The molecule has 0 N–H and O–H groups in total. The molecule has 0 saturated heterocycles. The molecule has 2 rings (SSSR count). The van der Waals surface area contributed by atoms with E-state index in [-0.39, 0.29) is 0 Å². The fourth-order valence-electron chi connectivity index (χ4n) is 4.19. The van der Waals surface area contributed by atoms with Crippen molar-refractivity contribution in [3.8, 4) is 6.07 Å². The fraction of sp³-hybridized carbons (Fsp3) is 0.565. The normalized spacial score (nSPS) is 25.8. The van der Waals surface area contributed by atoms with E-state index >= 15 is 0 Å². The quantitative estimate of drug-likeness (QED) is 0.493. The molecule has 5 unspecified atom stereocenters. The topological polar surface area (TPSA) is 23.8 Å². The predicted octanol–water partition coefficient (Wildman–Crippen LogP) is 6.63. The molecule has 1 nitrogen and oxygen atoms in total. The Morgan fingerprint density at radius 2 is 1.96 bits per heavy atom. The lowest BCUT2D eigenvalue weighted by atomic mass is 9.87. The number of nitrogens with zero attached hydrogens (tertiary/aromatic N) is 1. The Hall–Kier alpha value is -1.55. The summed E-state index contributed by atoms with van der Waals surface area (Å²) in [6.07, 6.45) is 7.31. The highest BCUT2D eigenvalue weighted by molar-refractivity contribution is 5.53. The van der Waals surface area contributed by atoms with Gasteiger partial charge in [-0.15, -0.1) is 0 Å². The average Bonchev–Trinajstić information content (AvgIpc) is 3.33. The van der Waals surface area contributed by atoms with Gasteiger partial charge >= 0.3 is 0 Å². The zero-order valence-corrected chi connectivity index (χ0v) is 15.9. The standard InChI is InChI=1S/C23H32N/c1-6-17(4)18(5)22-21(7-2)23(22)20-12-10-19(11-13-20)15-16(3)9-8-14-24/h6,10-13,15,17-18,21-23H,7-9H2,1-5H3/q-1/b16-15+. The molecule has 0 aliphatic heterocycles. The summed E-state index contributed by atoms with van der Waals surface area (Å²) in [5.41, 5.74) is 4.04. The first kappa shape index (κ1) is 18.8. The van der Waals surface area contributed by atoms with Crippen LogP contribution in [0.4, 0.5) is 0 Å². The van der Waals surface area contributed by atoms with Crippen LogP contribution in [-0.4, -0.2) is 0 Å². The summed E-state index contributed by atoms with van der Waals surface area (Å²) in [7, 11) is 0. The van der Waals surface area contributed by atoms with Crippen molar-refractivity contribution in [2.24, 2.45) is 23.7 Å². The van der Waals surface area contributed by atoms with E-state index in [0.29, 0.717) is 12.3 Å². The summed E-state index contributed by atoms with van der Waals surface area (Å²) in [6.45, 7) is 11.4. The molecule has 1 aliphatic carbocycles. The highest BCUT2D eigenvalue weighted by atomic mass is 14.6. The van der Waals surface area contributed by atoms with Gasteiger partial charge in [0.1, 0.15) is 0 Å². The van der Waals surface area contributed by atoms with Gasteiger partial charge < -0.3 is 6.42 Å². The van der Waals surface area contributed by atoms with Crippen molar-refractivity contribution >= 4 is 6.08 Å². The van der Waals surface area contributed by atoms with Crippen LogP contribution in [0.5, 0.6) is 0 Å². The van der Waals surface area contributed by atoms with Crippen molar-refractivity contribution in [2.45, 2.75) is 59.8 Å². The Morgan fingerprint density at radius 3 is 2.50 bits per heavy atom. The van der Waals surface area contributed by atoms with E-state index in [1.165, 1.54) is 23.1 Å². The molecule has 1 saturated carbocycles. The third-order valence-electron chi connectivity index (χ3n) is 6.03. The molecule has 1 aromatic carbocycles. The summed E-state index contributed by atoms with van der Waals surface area (Å²) >= 11 is 0. The Kier molecular flexibility index (Phi) is 6.67. The molecule has 0 amide bonds. The summed E-state index contributed by atoms with van der Waals surface area (Å²) in [5, 5.41) is 8.68. The lowest BCUT2D eigenvalue weighted by Crippen LogP contribution is -2.11. The van der Waals surface area contributed by atoms with Gasteiger partial charge in [-0.05, 0) is 42.2 Å². The molecule has 1 aliphatic rings. The minimum absolute atomic E-state index is 0.604. The molecule has 24 heavy (non-hydrogen) atoms. The van der Waals surface area contributed by atoms with Crippen LogP contribution in [0, 0.1) is 41.4 Å². The van der Waals surface area contributed by atoms with Crippen LogP contribution in [0.2, 0.25) is 0 Å². The number of nitriles is 1. The molecule has 0 heterocycles. The number of hydrogen-bond donors (Lipinski definition) is 0. The molecule has 0 radical (unpaired) electrons. The molecule has 1 fully saturated rings. The van der Waals surface area contributed by atoms with Crippen LogP contribution < -0.4 is 0 Å². The summed E-state index contributed by atoms with van der Waals surface area (Å²) < 4.78 is 0. The Morgan fingerprint density at radius 1 is 1.29 bits per heavy atom. The first-order valence-electron chi connectivity index (χ1n) is 9.47. The van der Waals surface area contributed by atoms with Gasteiger partial charge in [0.2, 0.25) is 0 Å². The third kappa shape index (κ3) is 4.29. The van der Waals surface area contributed by atoms with Crippen LogP contribution in [0.25, 0.3) is 6.08 Å². The van der Waals surface area contributed by atoms with Crippen molar-refractivity contribution in [1.29, 1.82) is 5.26 Å². The van der Waals surface area contributed by atoms with Crippen LogP contribution in [-0.2, 0) is 0 Å². The second kappa shape index (κ2) is 8.52. The summed E-state index contributed by atoms with van der Waals surface area (Å²) in [6, 6.07) is 11.3. The smallest absolute Gasteiger partial charge is 0.0625 e. The Balaban J connectivity index is 2.07. The van der Waals surface area contributed by atoms with Crippen LogP contribution in [0.15, 0.2) is 29.8 Å². The predicted molar refractivity (Wildman–Crippen MR) is 103 cm³/mol. The maximum Gasteiger partial charge on any atom is 0.0625 e. The first-order valence-corrected chi connectivity index (χ1v) is 9.47. The summed E-state index contributed by atoms with van der Waals surface area (Å²) in [5.74, 6) is 3.88. The fourth-order valence-corrected chi connectivity index (χ4v) is 4.19. The molecule has 1 aromatic rings. The second-order valence-corrected chi connectivity index (χ2v) is 7.54. The highest BCUT2D eigenvalue weighted by Crippen LogP contribution is 2.60. The van der Waals surface area contributed by atoms with E-state index in [4.69, 9.17) is 5.26 Å².